The quantitative estimate of drug-likeness (QED) is 0.304. The number of H-pyrrole nitrogens is 2. The number of para-hydroxylation sites is 3. The molecule has 0 saturated heterocycles. The van der Waals surface area contributed by atoms with Gasteiger partial charge in [0.1, 0.15) is 24.7 Å². The lowest BCUT2D eigenvalue weighted by molar-refractivity contribution is -0.890. The third-order valence-corrected chi connectivity index (χ3v) is 4.63. The number of hydrogen-bond donors (Lipinski definition) is 4. The number of fused-ring (bicyclic) bond motifs is 2. The molecule has 2 aromatic heterocycles. The van der Waals surface area contributed by atoms with Gasteiger partial charge in [0.2, 0.25) is 0 Å². The molecule has 4 aromatic rings. The van der Waals surface area contributed by atoms with Crippen molar-refractivity contribution in [3.05, 3.63) is 76.3 Å². The number of aliphatic hydroxyl groups is 1. The Hall–Kier alpha value is -3.96. The number of quaternary nitrogens is 1. The number of nitrogens with zero attached hydrogens (tertiary/aromatic N) is 3. The van der Waals surface area contributed by atoms with E-state index in [4.69, 9.17) is 0 Å². The van der Waals surface area contributed by atoms with Gasteiger partial charge in [-0.1, -0.05) is 24.3 Å². The van der Waals surface area contributed by atoms with Crippen molar-refractivity contribution in [2.45, 2.75) is 6.54 Å². The molecule has 0 aliphatic heterocycles. The first-order valence-corrected chi connectivity index (χ1v) is 9.11. The van der Waals surface area contributed by atoms with Crippen LogP contribution >= 0.6 is 0 Å². The summed E-state index contributed by atoms with van der Waals surface area (Å²) in [4.78, 5) is 27.8. The maximum atomic E-state index is 12.2. The van der Waals surface area contributed by atoms with Crippen molar-refractivity contribution in [3.8, 4) is 6.07 Å². The second kappa shape index (κ2) is 7.58. The molecule has 0 amide bonds. The van der Waals surface area contributed by atoms with Crippen LogP contribution in [0.4, 0.5) is 0 Å². The monoisotopic (exact) mass is 387 g/mol. The smallest absolute Gasteiger partial charge is 0.258 e. The SMILES string of the molecule is C[NH+](C/C(O)=C(\C#N)c1nc2ccccc2[nH]1)Cc1nc2ccccc2c(=O)[nH]1. The van der Waals surface area contributed by atoms with Crippen LogP contribution < -0.4 is 10.5 Å². The highest BCUT2D eigenvalue weighted by atomic mass is 16.3. The molecule has 29 heavy (non-hydrogen) atoms. The second-order valence-electron chi connectivity index (χ2n) is 6.88. The number of allylic oxidation sites excluding steroid dienone is 1. The minimum atomic E-state index is -0.196. The molecular weight excluding hydrogens is 368 g/mol. The molecule has 0 aliphatic carbocycles. The topological polar surface area (TPSA) is 123 Å². The van der Waals surface area contributed by atoms with Gasteiger partial charge in [0.05, 0.1) is 29.0 Å². The number of likely N-dealkylation sites (N-methyl/N-ethyl adjacent to an activating group) is 1. The van der Waals surface area contributed by atoms with E-state index in [-0.39, 0.29) is 23.4 Å². The predicted octanol–water partition coefficient (Wildman–Crippen LogP) is 1.31. The van der Waals surface area contributed by atoms with E-state index >= 15 is 0 Å². The largest absolute Gasteiger partial charge is 0.506 e. The highest BCUT2D eigenvalue weighted by Crippen LogP contribution is 2.18. The van der Waals surface area contributed by atoms with Gasteiger partial charge in [-0.3, -0.25) is 4.79 Å². The molecule has 144 valence electrons. The summed E-state index contributed by atoms with van der Waals surface area (Å²) >= 11 is 0. The zero-order chi connectivity index (χ0) is 20.4. The van der Waals surface area contributed by atoms with Crippen LogP contribution in [0.25, 0.3) is 27.5 Å². The Kier molecular flexibility index (Phi) is 4.81. The lowest BCUT2D eigenvalue weighted by Gasteiger charge is -2.13. The van der Waals surface area contributed by atoms with Gasteiger partial charge in [-0.2, -0.15) is 5.26 Å². The van der Waals surface area contributed by atoms with E-state index in [1.807, 2.05) is 43.4 Å². The molecule has 1 atom stereocenters. The summed E-state index contributed by atoms with van der Waals surface area (Å²) < 4.78 is 0. The number of aliphatic hydroxyl groups excluding tert-OH is 1. The molecular formula is C21H19N6O2+. The normalized spacial score (nSPS) is 13.2. The molecule has 4 rings (SSSR count). The maximum Gasteiger partial charge on any atom is 0.258 e. The first kappa shape index (κ1) is 18.4. The summed E-state index contributed by atoms with van der Waals surface area (Å²) in [5.41, 5.74) is 2.04. The Morgan fingerprint density at radius 2 is 1.83 bits per heavy atom. The first-order chi connectivity index (χ1) is 14.0. The van der Waals surface area contributed by atoms with Crippen LogP contribution in [-0.4, -0.2) is 38.6 Å². The summed E-state index contributed by atoms with van der Waals surface area (Å²) in [5, 5.41) is 20.6. The van der Waals surface area contributed by atoms with E-state index in [1.165, 1.54) is 0 Å². The van der Waals surface area contributed by atoms with E-state index in [0.29, 0.717) is 29.1 Å². The van der Waals surface area contributed by atoms with Crippen LogP contribution in [0.3, 0.4) is 0 Å². The molecule has 8 nitrogen and oxygen atoms in total. The summed E-state index contributed by atoms with van der Waals surface area (Å²) in [7, 11) is 1.85. The fraction of sp³-hybridized carbons (Fsp3) is 0.143. The molecule has 2 aromatic carbocycles. The second-order valence-corrected chi connectivity index (χ2v) is 6.88. The van der Waals surface area contributed by atoms with Crippen molar-refractivity contribution in [2.24, 2.45) is 0 Å². The van der Waals surface area contributed by atoms with E-state index < -0.39 is 0 Å². The summed E-state index contributed by atoms with van der Waals surface area (Å²) in [6, 6.07) is 16.6. The highest BCUT2D eigenvalue weighted by molar-refractivity contribution is 5.82. The summed E-state index contributed by atoms with van der Waals surface area (Å²) in [6.45, 7) is 0.555. The standard InChI is InChI=1S/C21H18N6O2/c1-27(12-19-23-15-7-3-2-6-13(15)21(29)26-19)11-18(28)14(10-22)20-24-16-8-4-5-9-17(16)25-20/h2-9,28H,11-12H2,1H3,(H,24,25)(H,23,26,29)/p+1/b18-14-. The maximum absolute atomic E-state index is 12.2. The van der Waals surface area contributed by atoms with Crippen LogP contribution in [0.5, 0.6) is 0 Å². The Balaban J connectivity index is 1.57. The molecule has 0 aliphatic rings. The molecule has 0 saturated carbocycles. The molecule has 2 heterocycles. The first-order valence-electron chi connectivity index (χ1n) is 9.11. The van der Waals surface area contributed by atoms with Crippen molar-refractivity contribution in [1.82, 2.24) is 19.9 Å². The molecule has 0 spiro atoms. The zero-order valence-corrected chi connectivity index (χ0v) is 15.7. The van der Waals surface area contributed by atoms with Crippen LogP contribution in [0, 0.1) is 11.3 Å². The van der Waals surface area contributed by atoms with Crippen molar-refractivity contribution in [1.29, 1.82) is 5.26 Å². The average molecular weight is 387 g/mol. The van der Waals surface area contributed by atoms with Crippen LogP contribution in [-0.2, 0) is 6.54 Å². The van der Waals surface area contributed by atoms with Crippen LogP contribution in [0.1, 0.15) is 11.6 Å². The fourth-order valence-electron chi connectivity index (χ4n) is 3.27. The van der Waals surface area contributed by atoms with Crippen molar-refractivity contribution >= 4 is 27.5 Å². The van der Waals surface area contributed by atoms with Gasteiger partial charge >= 0.3 is 0 Å². The van der Waals surface area contributed by atoms with Gasteiger partial charge in [0.25, 0.3) is 5.56 Å². The van der Waals surface area contributed by atoms with Gasteiger partial charge in [-0.15, -0.1) is 0 Å². The fourth-order valence-corrected chi connectivity index (χ4v) is 3.27. The van der Waals surface area contributed by atoms with E-state index in [2.05, 4.69) is 19.9 Å². The highest BCUT2D eigenvalue weighted by Gasteiger charge is 2.17. The number of nitriles is 1. The minimum Gasteiger partial charge on any atom is -0.506 e. The van der Waals surface area contributed by atoms with E-state index in [9.17, 15) is 15.2 Å². The van der Waals surface area contributed by atoms with Gasteiger partial charge in [0.15, 0.2) is 17.4 Å². The number of hydrogen-bond acceptors (Lipinski definition) is 5. The Labute approximate surface area is 165 Å². The number of aromatic amines is 2. The molecule has 0 fully saturated rings. The minimum absolute atomic E-state index is 0.0767. The Morgan fingerprint density at radius 3 is 2.59 bits per heavy atom. The van der Waals surface area contributed by atoms with Gasteiger partial charge in [0, 0.05) is 0 Å². The number of benzene rings is 2. The lowest BCUT2D eigenvalue weighted by Crippen LogP contribution is -3.08. The van der Waals surface area contributed by atoms with Crippen molar-refractivity contribution in [2.75, 3.05) is 13.6 Å². The van der Waals surface area contributed by atoms with E-state index in [1.54, 1.807) is 18.2 Å². The number of aromatic nitrogens is 4. The zero-order valence-electron chi connectivity index (χ0n) is 15.7. The molecule has 4 N–H and O–H groups in total. The third kappa shape index (κ3) is 3.72. The third-order valence-electron chi connectivity index (χ3n) is 4.63. The van der Waals surface area contributed by atoms with E-state index in [0.717, 1.165) is 15.9 Å². The van der Waals surface area contributed by atoms with Gasteiger partial charge < -0.3 is 20.0 Å². The van der Waals surface area contributed by atoms with Crippen LogP contribution in [0.2, 0.25) is 0 Å². The molecule has 1 unspecified atom stereocenters. The predicted molar refractivity (Wildman–Crippen MR) is 109 cm³/mol. The number of nitrogens with one attached hydrogen (secondary N) is 3. The number of rotatable bonds is 5. The average Bonchev–Trinajstić information content (AvgIpc) is 3.12. The summed E-state index contributed by atoms with van der Waals surface area (Å²) in [5.74, 6) is 0.768. The Morgan fingerprint density at radius 1 is 1.10 bits per heavy atom. The number of imidazole rings is 1. The van der Waals surface area contributed by atoms with Crippen LogP contribution in [0.15, 0.2) is 59.1 Å². The van der Waals surface area contributed by atoms with Gasteiger partial charge in [-0.25, -0.2) is 9.97 Å². The molecule has 0 radical (unpaired) electrons. The lowest BCUT2D eigenvalue weighted by atomic mass is 10.2. The van der Waals surface area contributed by atoms with Gasteiger partial charge in [-0.05, 0) is 24.3 Å². The van der Waals surface area contributed by atoms with Crippen molar-refractivity contribution in [3.63, 3.8) is 0 Å². The molecule has 0 bridgehead atoms. The van der Waals surface area contributed by atoms with Crippen molar-refractivity contribution < 1.29 is 10.0 Å². The Bertz CT molecular complexity index is 1300. The summed E-state index contributed by atoms with van der Waals surface area (Å²) in [6.07, 6.45) is 0. The molecule has 8 heteroatoms.